The van der Waals surface area contributed by atoms with Gasteiger partial charge < -0.3 is 5.32 Å². The smallest absolute Gasteiger partial charge is 0.238 e. The van der Waals surface area contributed by atoms with Crippen molar-refractivity contribution in [3.63, 3.8) is 0 Å². The molecule has 0 radical (unpaired) electrons. The van der Waals surface area contributed by atoms with E-state index in [0.29, 0.717) is 23.8 Å². The number of amides is 1. The lowest BCUT2D eigenvalue weighted by molar-refractivity contribution is -0.117. The molecule has 1 saturated heterocycles. The summed E-state index contributed by atoms with van der Waals surface area (Å²) in [6, 6.07) is 9.29. The van der Waals surface area contributed by atoms with E-state index in [1.54, 1.807) is 30.4 Å². The van der Waals surface area contributed by atoms with Gasteiger partial charge in [0.2, 0.25) is 5.91 Å². The van der Waals surface area contributed by atoms with Gasteiger partial charge in [0, 0.05) is 16.6 Å². The molecule has 22 heavy (non-hydrogen) atoms. The number of nitrogens with one attached hydrogen (secondary N) is 1. The molecule has 2 aromatic rings. The molecule has 1 N–H and O–H groups in total. The predicted molar refractivity (Wildman–Crippen MR) is 87.6 cm³/mol. The number of aryl methyl sites for hydroxylation is 1. The highest BCUT2D eigenvalue weighted by molar-refractivity contribution is 7.10. The Labute approximate surface area is 133 Å². The monoisotopic (exact) mass is 318 g/mol. The van der Waals surface area contributed by atoms with E-state index in [9.17, 15) is 9.18 Å². The summed E-state index contributed by atoms with van der Waals surface area (Å²) in [5.74, 6) is -0.387. The third kappa shape index (κ3) is 3.36. The number of hydrogen-bond acceptors (Lipinski definition) is 3. The van der Waals surface area contributed by atoms with Gasteiger partial charge in [-0.25, -0.2) is 4.39 Å². The molecule has 1 amide bonds. The Bertz CT molecular complexity index is 657. The van der Waals surface area contributed by atoms with Crippen LogP contribution in [-0.4, -0.2) is 23.9 Å². The molecule has 0 unspecified atom stereocenters. The number of nitrogens with zero attached hydrogens (tertiary/aromatic N) is 1. The molecule has 1 aromatic carbocycles. The van der Waals surface area contributed by atoms with Crippen LogP contribution in [0.2, 0.25) is 0 Å². The Kier molecular flexibility index (Phi) is 4.55. The second-order valence-corrected chi connectivity index (χ2v) is 6.64. The van der Waals surface area contributed by atoms with E-state index in [2.05, 4.69) is 21.7 Å². The highest BCUT2D eigenvalue weighted by Crippen LogP contribution is 2.34. The van der Waals surface area contributed by atoms with E-state index in [0.717, 1.165) is 19.4 Å². The summed E-state index contributed by atoms with van der Waals surface area (Å²) in [5, 5.41) is 4.86. The van der Waals surface area contributed by atoms with Crippen LogP contribution in [0.25, 0.3) is 0 Å². The minimum atomic E-state index is -0.296. The fraction of sp³-hybridized carbons (Fsp3) is 0.353. The van der Waals surface area contributed by atoms with Crippen molar-refractivity contribution >= 4 is 22.9 Å². The Morgan fingerprint density at radius 3 is 3.05 bits per heavy atom. The van der Waals surface area contributed by atoms with Crippen molar-refractivity contribution < 1.29 is 9.18 Å². The second-order valence-electron chi connectivity index (χ2n) is 5.66. The first-order chi connectivity index (χ1) is 10.6. The Morgan fingerprint density at radius 2 is 2.32 bits per heavy atom. The molecule has 0 aliphatic carbocycles. The summed E-state index contributed by atoms with van der Waals surface area (Å²) >= 11 is 1.74. The van der Waals surface area contributed by atoms with Crippen LogP contribution in [0.5, 0.6) is 0 Å². The van der Waals surface area contributed by atoms with Gasteiger partial charge in [-0.3, -0.25) is 9.69 Å². The van der Waals surface area contributed by atoms with Crippen LogP contribution >= 0.6 is 11.3 Å². The zero-order valence-electron chi connectivity index (χ0n) is 12.5. The molecular formula is C17H19FN2OS. The molecule has 1 aliphatic rings. The number of carbonyl (C=O) groups is 1. The minimum absolute atomic E-state index is 0.0910. The van der Waals surface area contributed by atoms with Crippen molar-refractivity contribution in [1.29, 1.82) is 0 Å². The molecular weight excluding hydrogens is 299 g/mol. The summed E-state index contributed by atoms with van der Waals surface area (Å²) in [6.45, 7) is 2.98. The maximum absolute atomic E-state index is 13.5. The summed E-state index contributed by atoms with van der Waals surface area (Å²) in [6.07, 6.45) is 2.20. The van der Waals surface area contributed by atoms with Crippen LogP contribution in [-0.2, 0) is 4.79 Å². The first-order valence-electron chi connectivity index (χ1n) is 7.47. The summed E-state index contributed by atoms with van der Waals surface area (Å²) in [7, 11) is 0. The molecule has 1 fully saturated rings. The maximum Gasteiger partial charge on any atom is 0.238 e. The van der Waals surface area contributed by atoms with E-state index in [1.807, 2.05) is 6.07 Å². The van der Waals surface area contributed by atoms with Crippen LogP contribution in [0, 0.1) is 12.7 Å². The van der Waals surface area contributed by atoms with Crippen molar-refractivity contribution in [2.45, 2.75) is 25.8 Å². The van der Waals surface area contributed by atoms with Gasteiger partial charge >= 0.3 is 0 Å². The van der Waals surface area contributed by atoms with Gasteiger partial charge in [-0.15, -0.1) is 11.3 Å². The van der Waals surface area contributed by atoms with Crippen LogP contribution < -0.4 is 5.32 Å². The Morgan fingerprint density at radius 1 is 1.45 bits per heavy atom. The molecule has 1 atom stereocenters. The average Bonchev–Trinajstić information content (AvgIpc) is 3.13. The normalized spacial score (nSPS) is 18.5. The van der Waals surface area contributed by atoms with Crippen LogP contribution in [0.15, 0.2) is 35.7 Å². The number of rotatable bonds is 4. The first kappa shape index (κ1) is 15.2. The first-order valence-corrected chi connectivity index (χ1v) is 8.35. The van der Waals surface area contributed by atoms with Crippen molar-refractivity contribution in [3.05, 3.63) is 52.0 Å². The minimum Gasteiger partial charge on any atom is -0.325 e. The van der Waals surface area contributed by atoms with Gasteiger partial charge in [0.1, 0.15) is 5.82 Å². The third-order valence-electron chi connectivity index (χ3n) is 4.04. The summed E-state index contributed by atoms with van der Waals surface area (Å²) in [5.41, 5.74) is 1.09. The number of hydrogen-bond donors (Lipinski definition) is 1. The van der Waals surface area contributed by atoms with Gasteiger partial charge in [0.25, 0.3) is 0 Å². The van der Waals surface area contributed by atoms with Crippen molar-refractivity contribution in [2.24, 2.45) is 0 Å². The zero-order chi connectivity index (χ0) is 15.5. The van der Waals surface area contributed by atoms with Gasteiger partial charge in [0.15, 0.2) is 0 Å². The van der Waals surface area contributed by atoms with Crippen LogP contribution in [0.4, 0.5) is 10.1 Å². The maximum atomic E-state index is 13.5. The van der Waals surface area contributed by atoms with E-state index in [-0.39, 0.29) is 11.7 Å². The quantitative estimate of drug-likeness (QED) is 0.925. The topological polar surface area (TPSA) is 32.3 Å². The number of anilines is 1. The average molecular weight is 318 g/mol. The van der Waals surface area contributed by atoms with E-state index >= 15 is 0 Å². The number of carbonyl (C=O) groups excluding carboxylic acids is 1. The summed E-state index contributed by atoms with van der Waals surface area (Å²) in [4.78, 5) is 15.7. The van der Waals surface area contributed by atoms with E-state index in [4.69, 9.17) is 0 Å². The molecule has 0 saturated carbocycles. The van der Waals surface area contributed by atoms with Crippen molar-refractivity contribution in [1.82, 2.24) is 4.90 Å². The predicted octanol–water partition coefficient (Wildman–Crippen LogP) is 3.97. The number of likely N-dealkylation sites (tertiary alicyclic amines) is 1. The lowest BCUT2D eigenvalue weighted by atomic mass is 10.2. The fourth-order valence-electron chi connectivity index (χ4n) is 2.87. The molecule has 3 nitrogen and oxygen atoms in total. The van der Waals surface area contributed by atoms with Crippen molar-refractivity contribution in [3.8, 4) is 0 Å². The highest BCUT2D eigenvalue weighted by Gasteiger charge is 2.28. The Hall–Kier alpha value is -1.72. The van der Waals surface area contributed by atoms with E-state index < -0.39 is 0 Å². The molecule has 116 valence electrons. The van der Waals surface area contributed by atoms with Gasteiger partial charge in [-0.1, -0.05) is 12.1 Å². The molecule has 3 rings (SSSR count). The SMILES string of the molecule is Cc1ccc(NC(=O)CN2CCC[C@H]2c2cccs2)cc1F. The lowest BCUT2D eigenvalue weighted by Crippen LogP contribution is -2.32. The molecule has 2 heterocycles. The Balaban J connectivity index is 1.62. The highest BCUT2D eigenvalue weighted by atomic mass is 32.1. The van der Waals surface area contributed by atoms with Gasteiger partial charge in [0.05, 0.1) is 6.54 Å². The standard InChI is InChI=1S/C17H19FN2OS/c1-12-6-7-13(10-14(12)18)19-17(21)11-20-8-2-4-15(20)16-5-3-9-22-16/h3,5-7,9-10,15H,2,4,8,11H2,1H3,(H,19,21)/t15-/m0/s1. The number of halogens is 1. The third-order valence-corrected chi connectivity index (χ3v) is 5.01. The zero-order valence-corrected chi connectivity index (χ0v) is 13.3. The second kappa shape index (κ2) is 6.58. The lowest BCUT2D eigenvalue weighted by Gasteiger charge is -2.22. The fourth-order valence-corrected chi connectivity index (χ4v) is 3.77. The van der Waals surface area contributed by atoms with Crippen LogP contribution in [0.1, 0.15) is 29.3 Å². The molecule has 1 aromatic heterocycles. The number of benzene rings is 1. The molecule has 1 aliphatic heterocycles. The van der Waals surface area contributed by atoms with Gasteiger partial charge in [-0.05, 0) is 55.5 Å². The van der Waals surface area contributed by atoms with E-state index in [1.165, 1.54) is 10.9 Å². The molecule has 0 spiro atoms. The molecule has 0 bridgehead atoms. The van der Waals surface area contributed by atoms with Crippen molar-refractivity contribution in [2.75, 3.05) is 18.4 Å². The molecule has 5 heteroatoms. The van der Waals surface area contributed by atoms with Gasteiger partial charge in [-0.2, -0.15) is 0 Å². The number of thiophene rings is 1. The van der Waals surface area contributed by atoms with Crippen LogP contribution in [0.3, 0.4) is 0 Å². The largest absolute Gasteiger partial charge is 0.325 e. The summed E-state index contributed by atoms with van der Waals surface area (Å²) < 4.78 is 13.5.